The lowest BCUT2D eigenvalue weighted by atomic mass is 10.0. The van der Waals surface area contributed by atoms with E-state index in [4.69, 9.17) is 0 Å². The van der Waals surface area contributed by atoms with Crippen molar-refractivity contribution in [3.05, 3.63) is 63.5 Å². The largest absolute Gasteiger partial charge is 0.124 e. The van der Waals surface area contributed by atoms with Crippen LogP contribution in [0.2, 0.25) is 0 Å². The summed E-state index contributed by atoms with van der Waals surface area (Å²) in [6.45, 7) is 4.53. The van der Waals surface area contributed by atoms with Gasteiger partial charge in [0.25, 0.3) is 0 Å². The fraction of sp³-hybridized carbons (Fsp3) is 0.333. The van der Waals surface area contributed by atoms with Gasteiger partial charge in [0.15, 0.2) is 0 Å². The summed E-state index contributed by atoms with van der Waals surface area (Å²) in [4.78, 5) is 3.16. The lowest BCUT2D eigenvalue weighted by Crippen LogP contribution is -1.98. The molecule has 1 heteroatoms. The molecule has 1 atom stereocenters. The summed E-state index contributed by atoms with van der Waals surface area (Å²) in [6, 6.07) is 13.3. The van der Waals surface area contributed by atoms with Crippen molar-refractivity contribution in [3.63, 3.8) is 0 Å². The van der Waals surface area contributed by atoms with E-state index in [0.29, 0.717) is 0 Å². The normalized spacial score (nSPS) is 14.7. The molecular weight excluding hydrogens is 283 g/mol. The van der Waals surface area contributed by atoms with Gasteiger partial charge in [0.05, 0.1) is 0 Å². The van der Waals surface area contributed by atoms with Crippen LogP contribution in [-0.2, 0) is 0 Å². The van der Waals surface area contributed by atoms with Crippen molar-refractivity contribution in [2.24, 2.45) is 0 Å². The summed E-state index contributed by atoms with van der Waals surface area (Å²) in [7, 11) is 0.862. The van der Waals surface area contributed by atoms with Crippen molar-refractivity contribution in [1.29, 1.82) is 0 Å². The summed E-state index contributed by atoms with van der Waals surface area (Å²) in [5, 5.41) is 0. The highest BCUT2D eigenvalue weighted by Crippen LogP contribution is 2.30. The Bertz CT molecular complexity index is 775. The SMILES string of the molecule is CCCC=c1cc2c([pH]1)=C(CCCC)C=C2c1ccccc1. The van der Waals surface area contributed by atoms with E-state index in [1.165, 1.54) is 48.8 Å². The van der Waals surface area contributed by atoms with Gasteiger partial charge in [0.2, 0.25) is 0 Å². The molecule has 1 aliphatic carbocycles. The third-order valence-electron chi connectivity index (χ3n) is 4.31. The molecule has 0 radical (unpaired) electrons. The second kappa shape index (κ2) is 7.16. The molecule has 0 N–H and O–H groups in total. The summed E-state index contributed by atoms with van der Waals surface area (Å²) in [5.41, 5.74) is 5.89. The van der Waals surface area contributed by atoms with Crippen LogP contribution in [0.3, 0.4) is 0 Å². The highest BCUT2D eigenvalue weighted by molar-refractivity contribution is 7.28. The molecule has 2 aromatic rings. The lowest BCUT2D eigenvalue weighted by molar-refractivity contribution is 0.826. The molecule has 0 amide bonds. The Labute approximate surface area is 135 Å². The molecule has 0 saturated carbocycles. The molecule has 0 aliphatic heterocycles. The number of hydrogen-bond donors (Lipinski definition) is 0. The summed E-state index contributed by atoms with van der Waals surface area (Å²) in [6.07, 6.45) is 11.1. The van der Waals surface area contributed by atoms with Crippen LogP contribution in [0.4, 0.5) is 0 Å². The predicted molar refractivity (Wildman–Crippen MR) is 101 cm³/mol. The third-order valence-corrected chi connectivity index (χ3v) is 5.78. The van der Waals surface area contributed by atoms with Gasteiger partial charge >= 0.3 is 0 Å². The van der Waals surface area contributed by atoms with Gasteiger partial charge in [-0.15, -0.1) is 8.19 Å². The van der Waals surface area contributed by atoms with Crippen molar-refractivity contribution < 1.29 is 0 Å². The standard InChI is InChI=1S/C21H25P/c1-3-5-10-17-14-19(16-11-8-7-9-12-16)20-15-18(13-6-4-2)22-21(17)20/h7-9,11-15,22H,3-6,10H2,1-2H3. The molecule has 3 rings (SSSR count). The Balaban J connectivity index is 2.06. The van der Waals surface area contributed by atoms with Crippen molar-refractivity contribution in [1.82, 2.24) is 0 Å². The zero-order valence-electron chi connectivity index (χ0n) is 13.7. The van der Waals surface area contributed by atoms with Crippen LogP contribution in [0.15, 0.2) is 42.5 Å². The smallest absolute Gasteiger partial charge is 0.00260 e. The quantitative estimate of drug-likeness (QED) is 0.697. The van der Waals surface area contributed by atoms with Crippen LogP contribution in [0, 0.1) is 0 Å². The molecule has 0 saturated heterocycles. The number of unbranched alkanes of at least 4 members (excludes halogenated alkanes) is 2. The van der Waals surface area contributed by atoms with Gasteiger partial charge in [0.1, 0.15) is 0 Å². The van der Waals surface area contributed by atoms with E-state index in [-0.39, 0.29) is 0 Å². The Morgan fingerprint density at radius 2 is 1.86 bits per heavy atom. The van der Waals surface area contributed by atoms with E-state index < -0.39 is 0 Å². The van der Waals surface area contributed by atoms with Gasteiger partial charge in [-0.2, -0.15) is 0 Å². The van der Waals surface area contributed by atoms with Crippen LogP contribution >= 0.6 is 8.19 Å². The topological polar surface area (TPSA) is 0 Å². The first-order valence-corrected chi connectivity index (χ1v) is 9.53. The second-order valence-corrected chi connectivity index (χ2v) is 7.39. The van der Waals surface area contributed by atoms with Crippen molar-refractivity contribution in [2.75, 3.05) is 0 Å². The summed E-state index contributed by atoms with van der Waals surface area (Å²) >= 11 is 0. The van der Waals surface area contributed by atoms with Crippen LogP contribution < -0.4 is 9.90 Å². The maximum Gasteiger partial charge on any atom is 0.00260 e. The Morgan fingerprint density at radius 1 is 1.05 bits per heavy atom. The minimum atomic E-state index is 0.862. The Kier molecular flexibility index (Phi) is 5.01. The monoisotopic (exact) mass is 308 g/mol. The molecule has 0 bridgehead atoms. The van der Waals surface area contributed by atoms with E-state index in [1.807, 2.05) is 0 Å². The minimum Gasteiger partial charge on any atom is -0.124 e. The molecule has 114 valence electrons. The Hall–Kier alpha value is -1.52. The van der Waals surface area contributed by atoms with Gasteiger partial charge in [0, 0.05) is 4.95 Å². The highest BCUT2D eigenvalue weighted by Gasteiger charge is 2.16. The maximum absolute atomic E-state index is 2.45. The maximum atomic E-state index is 2.45. The molecule has 0 fully saturated rings. The van der Waals surface area contributed by atoms with E-state index >= 15 is 0 Å². The van der Waals surface area contributed by atoms with E-state index in [9.17, 15) is 0 Å². The third kappa shape index (κ3) is 3.13. The fourth-order valence-corrected chi connectivity index (χ4v) is 4.55. The van der Waals surface area contributed by atoms with E-state index in [1.54, 1.807) is 15.5 Å². The molecule has 1 aromatic heterocycles. The first kappa shape index (κ1) is 15.4. The molecule has 1 aliphatic rings. The zero-order valence-corrected chi connectivity index (χ0v) is 14.7. The Morgan fingerprint density at radius 3 is 2.59 bits per heavy atom. The van der Waals surface area contributed by atoms with Gasteiger partial charge in [-0.25, -0.2) is 0 Å². The average Bonchev–Trinajstić information content (AvgIpc) is 3.11. The van der Waals surface area contributed by atoms with Crippen LogP contribution in [-0.4, -0.2) is 0 Å². The number of rotatable bonds is 6. The first-order valence-electron chi connectivity index (χ1n) is 8.53. The van der Waals surface area contributed by atoms with Crippen LogP contribution in [0.25, 0.3) is 17.2 Å². The summed E-state index contributed by atoms with van der Waals surface area (Å²) in [5.74, 6) is 0. The van der Waals surface area contributed by atoms with Gasteiger partial charge in [-0.3, -0.25) is 0 Å². The molecule has 1 unspecified atom stereocenters. The number of hydrogen-bond acceptors (Lipinski definition) is 0. The zero-order chi connectivity index (χ0) is 15.4. The van der Waals surface area contributed by atoms with E-state index in [2.05, 4.69) is 62.4 Å². The van der Waals surface area contributed by atoms with Gasteiger partial charge < -0.3 is 0 Å². The van der Waals surface area contributed by atoms with Crippen LogP contribution in [0.1, 0.15) is 57.1 Å². The lowest BCUT2D eigenvalue weighted by Gasteiger charge is -2.02. The first-order chi connectivity index (χ1) is 10.8. The molecule has 1 aromatic carbocycles. The molecule has 22 heavy (non-hydrogen) atoms. The van der Waals surface area contributed by atoms with Crippen molar-refractivity contribution in [3.8, 4) is 0 Å². The van der Waals surface area contributed by atoms with Crippen molar-refractivity contribution >= 4 is 25.4 Å². The minimum absolute atomic E-state index is 0.862. The predicted octanol–water partition coefficient (Wildman–Crippen LogP) is 5.08. The molecule has 0 spiro atoms. The summed E-state index contributed by atoms with van der Waals surface area (Å²) < 4.78 is 0. The fourth-order valence-electron chi connectivity index (χ4n) is 3.10. The second-order valence-electron chi connectivity index (χ2n) is 6.06. The molecule has 1 heterocycles. The molecule has 0 nitrogen and oxygen atoms in total. The highest BCUT2D eigenvalue weighted by atomic mass is 31.0. The van der Waals surface area contributed by atoms with E-state index in [0.717, 1.165) is 8.19 Å². The average molecular weight is 308 g/mol. The number of fused-ring (bicyclic) bond motifs is 1. The van der Waals surface area contributed by atoms with Crippen LogP contribution in [0.5, 0.6) is 0 Å². The molecular formula is C21H25P. The number of allylic oxidation sites excluding steroid dienone is 1. The number of benzene rings is 1. The van der Waals surface area contributed by atoms with Crippen molar-refractivity contribution in [2.45, 2.75) is 46.0 Å². The van der Waals surface area contributed by atoms with Gasteiger partial charge in [-0.05, 0) is 58.6 Å². The van der Waals surface area contributed by atoms with Gasteiger partial charge in [-0.1, -0.05) is 63.1 Å².